The molecule has 6 nitrogen and oxygen atoms in total. The van der Waals surface area contributed by atoms with Crippen LogP contribution in [0.25, 0.3) is 11.4 Å². The summed E-state index contributed by atoms with van der Waals surface area (Å²) in [5.41, 5.74) is 1.37. The lowest BCUT2D eigenvalue weighted by molar-refractivity contribution is 0.0946. The Kier molecular flexibility index (Phi) is 5.68. The first-order chi connectivity index (χ1) is 12.5. The van der Waals surface area contributed by atoms with Crippen LogP contribution in [-0.4, -0.2) is 22.2 Å². The van der Waals surface area contributed by atoms with Crippen molar-refractivity contribution in [2.75, 3.05) is 0 Å². The van der Waals surface area contributed by atoms with Gasteiger partial charge in [0.1, 0.15) is 5.75 Å². The predicted molar refractivity (Wildman–Crippen MR) is 101 cm³/mol. The van der Waals surface area contributed by atoms with E-state index >= 15 is 0 Å². The molecule has 0 bridgehead atoms. The third-order valence-electron chi connectivity index (χ3n) is 3.44. The summed E-state index contributed by atoms with van der Waals surface area (Å²) in [7, 11) is 0. The first kappa shape index (κ1) is 18.1. The number of hydrogen-bond acceptors (Lipinski definition) is 5. The number of carbonyl (C=O) groups excluding carboxylic acids is 1. The minimum Gasteiger partial charge on any atom is -0.491 e. The number of nitrogens with zero attached hydrogens (tertiary/aromatic N) is 2. The van der Waals surface area contributed by atoms with Crippen molar-refractivity contribution < 1.29 is 14.1 Å². The van der Waals surface area contributed by atoms with Crippen molar-refractivity contribution in [1.29, 1.82) is 0 Å². The fourth-order valence-corrected chi connectivity index (χ4v) is 2.69. The van der Waals surface area contributed by atoms with Gasteiger partial charge in [-0.1, -0.05) is 33.2 Å². The Hall–Kier alpha value is -2.67. The van der Waals surface area contributed by atoms with Gasteiger partial charge >= 0.3 is 0 Å². The number of nitrogens with one attached hydrogen (secondary N) is 1. The second-order valence-corrected chi connectivity index (χ2v) is 6.81. The molecule has 1 aromatic heterocycles. The quantitative estimate of drug-likeness (QED) is 0.651. The van der Waals surface area contributed by atoms with Gasteiger partial charge in [0.25, 0.3) is 5.91 Å². The molecule has 3 aromatic rings. The number of rotatable bonds is 6. The first-order valence-electron chi connectivity index (χ1n) is 8.14. The van der Waals surface area contributed by atoms with Crippen molar-refractivity contribution in [3.05, 3.63) is 64.5 Å². The van der Waals surface area contributed by atoms with E-state index < -0.39 is 0 Å². The van der Waals surface area contributed by atoms with Gasteiger partial charge in [0.15, 0.2) is 0 Å². The number of ether oxygens (including phenoxy) is 1. The Morgan fingerprint density at radius 1 is 1.23 bits per heavy atom. The first-order valence-corrected chi connectivity index (χ1v) is 8.94. The Balaban J connectivity index is 1.59. The zero-order valence-corrected chi connectivity index (χ0v) is 16.0. The van der Waals surface area contributed by atoms with E-state index in [1.54, 1.807) is 24.3 Å². The molecule has 0 aliphatic carbocycles. The number of amides is 1. The van der Waals surface area contributed by atoms with Crippen LogP contribution in [-0.2, 0) is 6.54 Å². The van der Waals surface area contributed by atoms with E-state index in [2.05, 4.69) is 31.4 Å². The molecule has 1 heterocycles. The zero-order chi connectivity index (χ0) is 18.5. The summed E-state index contributed by atoms with van der Waals surface area (Å²) in [5.74, 6) is 1.33. The Morgan fingerprint density at radius 2 is 2.00 bits per heavy atom. The summed E-state index contributed by atoms with van der Waals surface area (Å²) < 4.78 is 11.7. The summed E-state index contributed by atoms with van der Waals surface area (Å²) in [5, 5.41) is 6.71. The van der Waals surface area contributed by atoms with Gasteiger partial charge in [0, 0.05) is 15.6 Å². The summed E-state index contributed by atoms with van der Waals surface area (Å²) in [6.07, 6.45) is 0.0895. The minimum absolute atomic E-state index is 0.0895. The van der Waals surface area contributed by atoms with Gasteiger partial charge < -0.3 is 14.6 Å². The average Bonchev–Trinajstić information content (AvgIpc) is 3.09. The molecule has 3 rings (SSSR count). The van der Waals surface area contributed by atoms with E-state index in [0.29, 0.717) is 17.3 Å². The summed E-state index contributed by atoms with van der Waals surface area (Å²) >= 11 is 3.41. The van der Waals surface area contributed by atoms with Gasteiger partial charge in [-0.15, -0.1) is 0 Å². The molecular weight excluding hydrogens is 398 g/mol. The van der Waals surface area contributed by atoms with E-state index in [9.17, 15) is 4.79 Å². The molecule has 2 aromatic carbocycles. The van der Waals surface area contributed by atoms with Gasteiger partial charge in [-0.2, -0.15) is 4.98 Å². The minimum atomic E-state index is -0.219. The molecule has 0 fully saturated rings. The average molecular weight is 416 g/mol. The molecule has 1 N–H and O–H groups in total. The predicted octanol–water partition coefficient (Wildman–Crippen LogP) is 4.22. The highest BCUT2D eigenvalue weighted by atomic mass is 79.9. The maximum Gasteiger partial charge on any atom is 0.251 e. The fraction of sp³-hybridized carbons (Fsp3) is 0.211. The lowest BCUT2D eigenvalue weighted by Gasteiger charge is -2.09. The molecule has 7 heteroatoms. The van der Waals surface area contributed by atoms with Crippen molar-refractivity contribution in [3.8, 4) is 17.1 Å². The molecule has 0 saturated heterocycles. The van der Waals surface area contributed by atoms with Gasteiger partial charge in [0.05, 0.1) is 12.6 Å². The van der Waals surface area contributed by atoms with Crippen LogP contribution >= 0.6 is 15.9 Å². The normalized spacial score (nSPS) is 10.8. The molecule has 0 unspecified atom stereocenters. The van der Waals surface area contributed by atoms with Crippen LogP contribution < -0.4 is 10.1 Å². The van der Waals surface area contributed by atoms with Crippen LogP contribution in [0.1, 0.15) is 30.1 Å². The van der Waals surface area contributed by atoms with Crippen LogP contribution in [0, 0.1) is 0 Å². The number of carbonyl (C=O) groups is 1. The number of halogens is 1. The molecule has 26 heavy (non-hydrogen) atoms. The smallest absolute Gasteiger partial charge is 0.251 e. The third kappa shape index (κ3) is 4.70. The van der Waals surface area contributed by atoms with E-state index in [0.717, 1.165) is 15.8 Å². The number of aromatic nitrogens is 2. The molecule has 134 valence electrons. The second kappa shape index (κ2) is 8.14. The van der Waals surface area contributed by atoms with Gasteiger partial charge in [-0.25, -0.2) is 0 Å². The fourth-order valence-electron chi connectivity index (χ4n) is 2.29. The van der Waals surface area contributed by atoms with Gasteiger partial charge in [-0.05, 0) is 50.2 Å². The maximum atomic E-state index is 12.2. The van der Waals surface area contributed by atoms with Crippen molar-refractivity contribution >= 4 is 21.8 Å². The highest BCUT2D eigenvalue weighted by Gasteiger charge is 2.11. The summed E-state index contributed by atoms with van der Waals surface area (Å²) in [4.78, 5) is 16.5. The second-order valence-electron chi connectivity index (χ2n) is 5.90. The SMILES string of the molecule is CC(C)Oc1ccc(C(=O)NCc2nc(-c3cccc(Br)c3)no2)cc1. The van der Waals surface area contributed by atoms with Crippen molar-refractivity contribution in [1.82, 2.24) is 15.5 Å². The molecule has 0 radical (unpaired) electrons. The maximum absolute atomic E-state index is 12.2. The molecular formula is C19H18BrN3O3. The molecule has 0 spiro atoms. The standard InChI is InChI=1S/C19H18BrN3O3/c1-12(2)25-16-8-6-13(7-9-16)19(24)21-11-17-22-18(23-26-17)14-4-3-5-15(20)10-14/h3-10,12H,11H2,1-2H3,(H,21,24). The van der Waals surface area contributed by atoms with Crippen LogP contribution in [0.5, 0.6) is 5.75 Å². The van der Waals surface area contributed by atoms with Crippen molar-refractivity contribution in [2.45, 2.75) is 26.5 Å². The summed E-state index contributed by atoms with van der Waals surface area (Å²) in [6, 6.07) is 14.6. The van der Waals surface area contributed by atoms with Crippen LogP contribution in [0.15, 0.2) is 57.5 Å². The lowest BCUT2D eigenvalue weighted by Crippen LogP contribution is -2.22. The van der Waals surface area contributed by atoms with Crippen molar-refractivity contribution in [2.24, 2.45) is 0 Å². The van der Waals surface area contributed by atoms with E-state index in [1.165, 1.54) is 0 Å². The molecule has 1 amide bonds. The zero-order valence-electron chi connectivity index (χ0n) is 14.4. The van der Waals surface area contributed by atoms with Crippen LogP contribution in [0.4, 0.5) is 0 Å². The third-order valence-corrected chi connectivity index (χ3v) is 3.93. The van der Waals surface area contributed by atoms with E-state index in [1.807, 2.05) is 38.1 Å². The van der Waals surface area contributed by atoms with Gasteiger partial charge in [-0.3, -0.25) is 4.79 Å². The molecule has 0 saturated carbocycles. The Labute approximate surface area is 159 Å². The van der Waals surface area contributed by atoms with E-state index in [-0.39, 0.29) is 18.6 Å². The van der Waals surface area contributed by atoms with E-state index in [4.69, 9.17) is 9.26 Å². The topological polar surface area (TPSA) is 77.2 Å². The Morgan fingerprint density at radius 3 is 2.69 bits per heavy atom. The summed E-state index contributed by atoms with van der Waals surface area (Å²) in [6.45, 7) is 4.06. The van der Waals surface area contributed by atoms with Gasteiger partial charge in [0.2, 0.25) is 11.7 Å². The highest BCUT2D eigenvalue weighted by molar-refractivity contribution is 9.10. The largest absolute Gasteiger partial charge is 0.491 e. The van der Waals surface area contributed by atoms with Crippen molar-refractivity contribution in [3.63, 3.8) is 0 Å². The number of hydrogen-bond donors (Lipinski definition) is 1. The Bertz CT molecular complexity index is 891. The van der Waals surface area contributed by atoms with Crippen LogP contribution in [0.3, 0.4) is 0 Å². The number of benzene rings is 2. The molecule has 0 atom stereocenters. The lowest BCUT2D eigenvalue weighted by atomic mass is 10.2. The van der Waals surface area contributed by atoms with Crippen LogP contribution in [0.2, 0.25) is 0 Å². The highest BCUT2D eigenvalue weighted by Crippen LogP contribution is 2.20. The monoisotopic (exact) mass is 415 g/mol. The molecule has 0 aliphatic rings. The molecule has 0 aliphatic heterocycles.